The maximum absolute atomic E-state index is 14.0. The van der Waals surface area contributed by atoms with Crippen molar-refractivity contribution >= 4 is 33.1 Å². The zero-order chi connectivity index (χ0) is 20.6. The number of rotatable bonds is 6. The minimum Gasteiger partial charge on any atom is -0.606 e. The van der Waals surface area contributed by atoms with E-state index in [2.05, 4.69) is 0 Å². The molecule has 0 saturated carbocycles. The molecule has 0 unspecified atom stereocenters. The van der Waals surface area contributed by atoms with Crippen LogP contribution in [-0.2, 0) is 11.2 Å². The quantitative estimate of drug-likeness (QED) is 0.247. The van der Waals surface area contributed by atoms with Gasteiger partial charge in [0.15, 0.2) is 9.81 Å². The Labute approximate surface area is 181 Å². The van der Waals surface area contributed by atoms with E-state index >= 15 is 0 Å². The molecule has 146 valence electrons. The molecule has 0 aliphatic rings. The summed E-state index contributed by atoms with van der Waals surface area (Å²) in [6, 6.07) is 40.0. The molecule has 0 spiro atoms. The van der Waals surface area contributed by atoms with Crippen molar-refractivity contribution in [2.24, 2.45) is 0 Å². The lowest BCUT2D eigenvalue weighted by atomic mass is 10.1. The van der Waals surface area contributed by atoms with E-state index in [0.717, 1.165) is 32.1 Å². The van der Waals surface area contributed by atoms with E-state index in [1.807, 2.05) is 133 Å². The first-order valence-corrected chi connectivity index (χ1v) is 11.0. The summed E-state index contributed by atoms with van der Waals surface area (Å²) in [6.07, 6.45) is 4.04. The minimum absolute atomic E-state index is 0.785. The van der Waals surface area contributed by atoms with Gasteiger partial charge in [0.1, 0.15) is 0 Å². The van der Waals surface area contributed by atoms with Crippen molar-refractivity contribution in [3.8, 4) is 0 Å². The molecule has 0 radical (unpaired) electrons. The fraction of sp³-hybridized carbons (Fsp3) is 0. The van der Waals surface area contributed by atoms with Crippen molar-refractivity contribution in [1.29, 1.82) is 0 Å². The molecule has 0 bridgehead atoms. The summed E-state index contributed by atoms with van der Waals surface area (Å²) in [7, 11) is 0. The number of hydrogen-bond acceptors (Lipinski definition) is 1. The molecule has 0 N–H and O–H groups in total. The third-order valence-electron chi connectivity index (χ3n) is 4.71. The Morgan fingerprint density at radius 1 is 0.467 bits per heavy atom. The Kier molecular flexibility index (Phi) is 6.61. The minimum atomic E-state index is -1.38. The maximum atomic E-state index is 14.0. The SMILES string of the molecule is [O-][S+](C(=Cc1ccccc1)c1ccccc1)C(=Cc1ccccc1)c1ccccc1. The van der Waals surface area contributed by atoms with Crippen LogP contribution in [0.25, 0.3) is 22.0 Å². The first-order chi connectivity index (χ1) is 14.8. The Hall–Kier alpha value is -3.33. The second-order valence-corrected chi connectivity index (χ2v) is 8.26. The van der Waals surface area contributed by atoms with Gasteiger partial charge < -0.3 is 4.55 Å². The lowest BCUT2D eigenvalue weighted by Crippen LogP contribution is -2.06. The molecule has 0 atom stereocenters. The van der Waals surface area contributed by atoms with Gasteiger partial charge in [-0.15, -0.1) is 0 Å². The Morgan fingerprint density at radius 2 is 0.767 bits per heavy atom. The third kappa shape index (κ3) is 4.98. The molecule has 0 aromatic heterocycles. The van der Waals surface area contributed by atoms with Gasteiger partial charge in [0.25, 0.3) is 0 Å². The number of benzene rings is 4. The third-order valence-corrected chi connectivity index (χ3v) is 6.22. The highest BCUT2D eigenvalue weighted by atomic mass is 32.2. The lowest BCUT2D eigenvalue weighted by molar-refractivity contribution is 0.614. The van der Waals surface area contributed by atoms with Crippen molar-refractivity contribution < 1.29 is 4.55 Å². The first-order valence-electron chi connectivity index (χ1n) is 9.87. The maximum Gasteiger partial charge on any atom is 0.166 e. The molecule has 4 aromatic rings. The highest BCUT2D eigenvalue weighted by Gasteiger charge is 2.24. The summed E-state index contributed by atoms with van der Waals surface area (Å²) in [5, 5.41) is 0. The summed E-state index contributed by atoms with van der Waals surface area (Å²) in [6.45, 7) is 0. The smallest absolute Gasteiger partial charge is 0.166 e. The van der Waals surface area contributed by atoms with Gasteiger partial charge in [0.2, 0.25) is 0 Å². The summed E-state index contributed by atoms with van der Waals surface area (Å²) in [4.78, 5) is 1.57. The van der Waals surface area contributed by atoms with Gasteiger partial charge in [-0.2, -0.15) is 0 Å². The highest BCUT2D eigenvalue weighted by molar-refractivity contribution is 8.09. The van der Waals surface area contributed by atoms with E-state index in [-0.39, 0.29) is 0 Å². The van der Waals surface area contributed by atoms with Crippen LogP contribution in [0.5, 0.6) is 0 Å². The van der Waals surface area contributed by atoms with E-state index in [9.17, 15) is 4.55 Å². The summed E-state index contributed by atoms with van der Waals surface area (Å²) in [5.74, 6) is 0. The summed E-state index contributed by atoms with van der Waals surface area (Å²) in [5.41, 5.74) is 3.96. The van der Waals surface area contributed by atoms with Gasteiger partial charge in [-0.25, -0.2) is 0 Å². The predicted molar refractivity (Wildman–Crippen MR) is 130 cm³/mol. The molecular weight excluding hydrogens is 384 g/mol. The molecule has 0 aliphatic heterocycles. The van der Waals surface area contributed by atoms with Crippen molar-refractivity contribution in [2.45, 2.75) is 0 Å². The van der Waals surface area contributed by atoms with Gasteiger partial charge in [-0.05, 0) is 35.4 Å². The topological polar surface area (TPSA) is 23.1 Å². The van der Waals surface area contributed by atoms with Crippen LogP contribution in [0.3, 0.4) is 0 Å². The summed E-state index contributed by atoms with van der Waals surface area (Å²) >= 11 is -1.38. The van der Waals surface area contributed by atoms with Crippen molar-refractivity contribution in [3.63, 3.8) is 0 Å². The van der Waals surface area contributed by atoms with Gasteiger partial charge in [-0.3, -0.25) is 0 Å². The second-order valence-electron chi connectivity index (χ2n) is 6.84. The Morgan fingerprint density at radius 3 is 1.10 bits per heavy atom. The van der Waals surface area contributed by atoms with Crippen LogP contribution in [0.2, 0.25) is 0 Å². The monoisotopic (exact) mass is 406 g/mol. The normalized spacial score (nSPS) is 13.1. The van der Waals surface area contributed by atoms with Crippen LogP contribution in [0.4, 0.5) is 0 Å². The zero-order valence-electron chi connectivity index (χ0n) is 16.5. The molecule has 0 heterocycles. The molecule has 1 nitrogen and oxygen atoms in total. The fourth-order valence-electron chi connectivity index (χ4n) is 3.21. The van der Waals surface area contributed by atoms with Crippen LogP contribution in [0.1, 0.15) is 22.3 Å². The van der Waals surface area contributed by atoms with Gasteiger partial charge in [-0.1, -0.05) is 97.1 Å². The Bertz CT molecular complexity index is 1030. The molecular formula is C28H22OS. The van der Waals surface area contributed by atoms with Crippen LogP contribution >= 0.6 is 0 Å². The molecule has 4 rings (SSSR count). The van der Waals surface area contributed by atoms with E-state index in [0.29, 0.717) is 0 Å². The summed E-state index contributed by atoms with van der Waals surface area (Å²) < 4.78 is 14.0. The van der Waals surface area contributed by atoms with Crippen molar-refractivity contribution in [1.82, 2.24) is 0 Å². The fourth-order valence-corrected chi connectivity index (χ4v) is 4.64. The molecule has 0 saturated heterocycles. The van der Waals surface area contributed by atoms with Crippen LogP contribution in [0.15, 0.2) is 121 Å². The first kappa shape index (κ1) is 20.0. The van der Waals surface area contributed by atoms with Crippen LogP contribution in [-0.4, -0.2) is 4.55 Å². The van der Waals surface area contributed by atoms with Gasteiger partial charge in [0, 0.05) is 34.5 Å². The molecule has 4 aromatic carbocycles. The van der Waals surface area contributed by atoms with Gasteiger partial charge in [0.05, 0.1) is 0 Å². The van der Waals surface area contributed by atoms with E-state index < -0.39 is 11.2 Å². The van der Waals surface area contributed by atoms with Crippen molar-refractivity contribution in [2.75, 3.05) is 0 Å². The molecule has 2 heteroatoms. The largest absolute Gasteiger partial charge is 0.606 e. The van der Waals surface area contributed by atoms with E-state index in [1.54, 1.807) is 0 Å². The zero-order valence-corrected chi connectivity index (χ0v) is 17.3. The molecule has 0 fully saturated rings. The van der Waals surface area contributed by atoms with E-state index in [4.69, 9.17) is 0 Å². The Balaban J connectivity index is 1.85. The van der Waals surface area contributed by atoms with E-state index in [1.165, 1.54) is 0 Å². The predicted octanol–water partition coefficient (Wildman–Crippen LogP) is 7.13. The van der Waals surface area contributed by atoms with Gasteiger partial charge >= 0.3 is 0 Å². The molecule has 30 heavy (non-hydrogen) atoms. The van der Waals surface area contributed by atoms with Crippen LogP contribution in [0, 0.1) is 0 Å². The standard InChI is InChI=1S/C28H22OS/c29-30(27(25-17-9-3-10-18-25)21-23-13-5-1-6-14-23)28(26-19-11-4-12-20-26)22-24-15-7-2-8-16-24/h1-22H. The average Bonchev–Trinajstić information content (AvgIpc) is 2.83. The lowest BCUT2D eigenvalue weighted by Gasteiger charge is -2.17. The molecule has 0 amide bonds. The average molecular weight is 407 g/mol. The number of hydrogen-bond donors (Lipinski definition) is 0. The molecule has 0 aliphatic carbocycles. The second kappa shape index (κ2) is 9.93. The van der Waals surface area contributed by atoms with Crippen LogP contribution < -0.4 is 0 Å². The van der Waals surface area contributed by atoms with Crippen molar-refractivity contribution in [3.05, 3.63) is 144 Å². The highest BCUT2D eigenvalue weighted by Crippen LogP contribution is 2.35.